The van der Waals surface area contributed by atoms with Crippen LogP contribution in [0.1, 0.15) is 240 Å². The van der Waals surface area contributed by atoms with Crippen LogP contribution in [0.3, 0.4) is 0 Å². The number of benzene rings is 6. The van der Waals surface area contributed by atoms with Crippen molar-refractivity contribution in [3.63, 3.8) is 0 Å². The molecule has 0 aromatic heterocycles. The number of urea groups is 1. The highest BCUT2D eigenvalue weighted by Gasteiger charge is 2.41. The van der Waals surface area contributed by atoms with Crippen LogP contribution in [0.5, 0.6) is 0 Å². The number of aromatic carboxylic acids is 2. The molecule has 12 amide bonds. The molecule has 14 N–H and O–H groups in total. The quantitative estimate of drug-likeness (QED) is 0.00734. The van der Waals surface area contributed by atoms with Gasteiger partial charge in [0.1, 0.15) is 76.4 Å². The zero-order valence-corrected chi connectivity index (χ0v) is 72.0. The minimum absolute atomic E-state index is 0.0266. The van der Waals surface area contributed by atoms with Crippen molar-refractivity contribution in [3.05, 3.63) is 213 Å². The fourth-order valence-corrected chi connectivity index (χ4v) is 15.1. The summed E-state index contributed by atoms with van der Waals surface area (Å²) in [6.07, 6.45) is 7.15. The number of amides is 12. The molecule has 31 nitrogen and oxygen atoms in total. The Morgan fingerprint density at radius 2 is 0.717 bits per heavy atom. The average Bonchev–Trinajstić information content (AvgIpc) is 0.796. The van der Waals surface area contributed by atoms with Crippen molar-refractivity contribution in [2.75, 3.05) is 13.1 Å². The van der Waals surface area contributed by atoms with Crippen LogP contribution < -0.4 is 63.9 Å². The van der Waals surface area contributed by atoms with Gasteiger partial charge in [-0.15, -0.1) is 0 Å². The third kappa shape index (κ3) is 30.2. The normalized spacial score (nSPS) is 14.7. The van der Waals surface area contributed by atoms with E-state index in [4.69, 9.17) is 0 Å². The molecular formula is C92H111F4N13O18. The fourth-order valence-electron chi connectivity index (χ4n) is 15.1. The summed E-state index contributed by atoms with van der Waals surface area (Å²) in [6.45, 7) is 11.9. The molecule has 2 aliphatic carbocycles. The molecule has 2 saturated carbocycles. The van der Waals surface area contributed by atoms with Crippen LogP contribution in [0.2, 0.25) is 0 Å². The van der Waals surface area contributed by atoms with E-state index in [2.05, 4.69) is 69.0 Å². The maximum atomic E-state index is 15.1. The molecule has 2 fully saturated rings. The van der Waals surface area contributed by atoms with Crippen LogP contribution >= 0.6 is 0 Å². The molecule has 0 unspecified atom stereocenters. The van der Waals surface area contributed by atoms with Crippen LogP contribution in [0.4, 0.5) is 22.4 Å². The summed E-state index contributed by atoms with van der Waals surface area (Å²) in [5.41, 5.74) is -0.109. The summed E-state index contributed by atoms with van der Waals surface area (Å²) >= 11 is 0. The Kier molecular flexibility index (Phi) is 39.6. The number of hydrogen-bond donors (Lipinski definition) is 14. The zero-order valence-electron chi connectivity index (χ0n) is 72.0. The van der Waals surface area contributed by atoms with Crippen LogP contribution in [0.25, 0.3) is 0 Å². The van der Waals surface area contributed by atoms with Gasteiger partial charge in [-0.05, 0) is 135 Å². The summed E-state index contributed by atoms with van der Waals surface area (Å²) in [7, 11) is 0. The number of carbonyl (C=O) groups excluding carboxylic acids is 14. The van der Waals surface area contributed by atoms with Crippen LogP contribution in [0.15, 0.2) is 151 Å². The van der Waals surface area contributed by atoms with Crippen LogP contribution in [-0.4, -0.2) is 160 Å². The third-order valence-electron chi connectivity index (χ3n) is 21.4. The molecular weight excluding hydrogens is 1650 g/mol. The van der Waals surface area contributed by atoms with Crippen molar-refractivity contribution in [1.82, 2.24) is 63.9 Å². The van der Waals surface area contributed by atoms with Gasteiger partial charge >= 0.3 is 18.0 Å². The number of nitrogens with one attached hydrogen (secondary N) is 12. The number of hydrogen-bond acceptors (Lipinski definition) is 17. The highest BCUT2D eigenvalue weighted by Crippen LogP contribution is 2.31. The largest absolute Gasteiger partial charge is 0.478 e. The van der Waals surface area contributed by atoms with E-state index < -0.39 is 213 Å². The number of rotatable bonds is 42. The number of nitrogens with zero attached hydrogens (tertiary/aromatic N) is 1. The summed E-state index contributed by atoms with van der Waals surface area (Å²) in [5, 5.41) is 51.6. The molecule has 680 valence electrons. The van der Waals surface area contributed by atoms with Crippen molar-refractivity contribution in [2.45, 2.75) is 212 Å². The maximum absolute atomic E-state index is 15.1. The molecule has 8 rings (SSSR count). The predicted molar refractivity (Wildman–Crippen MR) is 460 cm³/mol. The molecule has 0 bridgehead atoms. The lowest BCUT2D eigenvalue weighted by Gasteiger charge is -2.32. The van der Waals surface area contributed by atoms with E-state index in [1.165, 1.54) is 13.8 Å². The van der Waals surface area contributed by atoms with Crippen LogP contribution in [-0.2, 0) is 52.7 Å². The Morgan fingerprint density at radius 1 is 0.386 bits per heavy atom. The van der Waals surface area contributed by atoms with E-state index in [1.807, 2.05) is 60.7 Å². The van der Waals surface area contributed by atoms with Gasteiger partial charge in [-0.3, -0.25) is 62.3 Å². The number of ketones is 3. The maximum Gasteiger partial charge on any atom is 0.339 e. The van der Waals surface area contributed by atoms with Crippen molar-refractivity contribution in [3.8, 4) is 0 Å². The van der Waals surface area contributed by atoms with E-state index in [1.54, 1.807) is 102 Å². The van der Waals surface area contributed by atoms with Crippen molar-refractivity contribution < 1.29 is 104 Å². The second kappa shape index (κ2) is 49.9. The predicted octanol–water partition coefficient (Wildman–Crippen LogP) is 9.45. The molecule has 127 heavy (non-hydrogen) atoms. The monoisotopic (exact) mass is 1760 g/mol. The number of halogens is 4. The lowest BCUT2D eigenvalue weighted by Crippen LogP contribution is -2.59. The molecule has 0 radical (unpaired) electrons. The van der Waals surface area contributed by atoms with E-state index in [-0.39, 0.29) is 49.1 Å². The highest BCUT2D eigenvalue weighted by molar-refractivity contribution is 6.41. The van der Waals surface area contributed by atoms with Gasteiger partial charge in [0, 0.05) is 0 Å². The van der Waals surface area contributed by atoms with E-state index in [0.29, 0.717) is 99.6 Å². The molecule has 35 heteroatoms. The van der Waals surface area contributed by atoms with Gasteiger partial charge in [-0.25, -0.2) is 37.4 Å². The summed E-state index contributed by atoms with van der Waals surface area (Å²) in [4.78, 5) is 212. The molecule has 8 atom stereocenters. The Bertz CT molecular complexity index is 4880. The highest BCUT2D eigenvalue weighted by atomic mass is 19.1. The lowest BCUT2D eigenvalue weighted by molar-refractivity contribution is -0.141. The Hall–Kier alpha value is -13.4. The molecule has 6 aromatic carbocycles. The van der Waals surface area contributed by atoms with Crippen molar-refractivity contribution in [2.24, 2.45) is 28.8 Å². The number of Topliss-reactive ketones (excluding diaryl/α,β-unsaturated/α-hetero) is 3. The molecule has 0 spiro atoms. The van der Waals surface area contributed by atoms with Crippen molar-refractivity contribution >= 4 is 100 Å². The van der Waals surface area contributed by atoms with Crippen molar-refractivity contribution in [1.29, 1.82) is 0 Å². The van der Waals surface area contributed by atoms with Gasteiger partial charge in [0.25, 0.3) is 23.6 Å². The van der Waals surface area contributed by atoms with Gasteiger partial charge in [-0.1, -0.05) is 214 Å². The molecule has 6 aromatic rings. The first-order valence-electron chi connectivity index (χ1n) is 42.3. The van der Waals surface area contributed by atoms with E-state index in [0.717, 1.165) is 24.0 Å². The molecule has 0 saturated heterocycles. The standard InChI is InChI=1S/C53H62F2N8O9.C39H49F2N5O9/c1-5-18-39(57-48(66)40(29-31(2)3)58-51(69)46(36-25-16-9-17-26-36)60-49(67)42-37(54)27-28-38(55)43(42)52(70)71)47(50(68)56-30-41(65)59-44(32(4)64)33-19-10-6-11-20-33)62-63-53(72)61-45(34-21-12-7-13-22-34)35-23-14-8-15-24-35;1-5-12-27(34(49)38(53)42-20-29(48)45-32(22(4)47)23-13-8-6-9-14-23)43-35(50)28(19-21(2)3)44-37(52)33(24-15-10-7-11-16-24)46-36(51)30-25(40)17-18-26(41)31(30)39(54)55/h6-8,10-15,19-24,27-28,31,36,39-40,44-46H,5,9,16-18,25-26,29-30H2,1-4H3,(H,56,68)(H,57,66)(H,58,69)(H,59,65)(H,60,67)(H,70,71)(H2,61,63,72);6,8-9,13-14,17-18,21,24,27-28,32-33H,5,7,10-12,15-16,19-20H2,1-4H3,(H,42,53)(H,43,50)(H,44,52)(H,45,48)(H,46,51)(H,54,55)/t39-,40-,44+,46-;27-,28-,32+,33-/m00/s1. The smallest absolute Gasteiger partial charge is 0.339 e. The van der Waals surface area contributed by atoms with Gasteiger partial charge in [0.15, 0.2) is 11.6 Å². The number of carboxylic acids is 2. The second-order valence-electron chi connectivity index (χ2n) is 32.1. The first-order valence-corrected chi connectivity index (χ1v) is 42.3. The lowest BCUT2D eigenvalue weighted by atomic mass is 9.83. The Morgan fingerprint density at radius 3 is 1.06 bits per heavy atom. The topological polar surface area (TPSA) is 470 Å². The summed E-state index contributed by atoms with van der Waals surface area (Å²) < 4.78 is 59.0. The minimum atomic E-state index is -1.89. The second-order valence-corrected chi connectivity index (χ2v) is 32.1. The van der Waals surface area contributed by atoms with Gasteiger partial charge in [-0.2, -0.15) is 5.10 Å². The Balaban J connectivity index is 0.000000361. The van der Waals surface area contributed by atoms with Gasteiger partial charge in [0.05, 0.1) is 42.3 Å². The Labute approximate surface area is 732 Å². The number of hydrazone groups is 1. The van der Waals surface area contributed by atoms with Gasteiger partial charge < -0.3 is 68.7 Å². The van der Waals surface area contributed by atoms with E-state index in [9.17, 15) is 100 Å². The molecule has 2 aliphatic rings. The molecule has 0 aliphatic heterocycles. The average molecular weight is 1760 g/mol. The van der Waals surface area contributed by atoms with Gasteiger partial charge in [0.2, 0.25) is 41.2 Å². The SMILES string of the molecule is CCC[C@H](NC(=O)[C@H](CC(C)C)NC(=O)[C@@H](NC(=O)c1c(F)ccc(F)c1C(=O)O)C1CCCCC1)C(=NNC(=O)NC(c1ccccc1)c1ccccc1)C(=O)NCC(=O)N[C@H](C(C)=O)c1ccccc1.CCC[C@H](NC(=O)[C@H](CC(C)C)NC(=O)[C@@H](NC(=O)c1c(F)ccc(F)c1C(=O)O)C1CCCCC1)C(=O)C(=O)NCC(=O)N[C@H](C(C)=O)c1ccccc1. The first-order chi connectivity index (χ1) is 60.5. The molecule has 0 heterocycles. The zero-order chi connectivity index (χ0) is 93.1. The third-order valence-corrected chi connectivity index (χ3v) is 21.4. The number of carboxylic acid groups (broad SMARTS) is 2. The summed E-state index contributed by atoms with van der Waals surface area (Å²) in [6, 6.07) is 26.0. The van der Waals surface area contributed by atoms with E-state index >= 15 is 4.39 Å². The minimum Gasteiger partial charge on any atom is -0.478 e. The fraction of sp³-hybridized carbons (Fsp3) is 0.424. The first kappa shape index (κ1) is 101. The summed E-state index contributed by atoms with van der Waals surface area (Å²) in [5.74, 6) is -21.9. The van der Waals surface area contributed by atoms with Crippen LogP contribution in [0, 0.1) is 46.9 Å². The number of carbonyl (C=O) groups is 16.